The van der Waals surface area contributed by atoms with Crippen LogP contribution in [-0.2, 0) is 0 Å². The van der Waals surface area contributed by atoms with Gasteiger partial charge >= 0.3 is 0 Å². The number of rotatable bonds is 2. The highest BCUT2D eigenvalue weighted by Crippen LogP contribution is 2.36. The average Bonchev–Trinajstić information content (AvgIpc) is 2.28. The molecule has 2 rings (SSSR count). The number of aryl methyl sites for hydroxylation is 1. The Morgan fingerprint density at radius 1 is 1.00 bits per heavy atom. The van der Waals surface area contributed by atoms with Crippen LogP contribution in [0.4, 0.5) is 0 Å². The van der Waals surface area contributed by atoms with E-state index in [1.165, 1.54) is 0 Å². The van der Waals surface area contributed by atoms with Crippen molar-refractivity contribution < 1.29 is 9.47 Å². The summed E-state index contributed by atoms with van der Waals surface area (Å²) < 4.78 is 10.6. The summed E-state index contributed by atoms with van der Waals surface area (Å²) in [5, 5.41) is 2.21. The average molecular weight is 201 g/mol. The molecule has 0 fully saturated rings. The minimum atomic E-state index is 0.760. The smallest absolute Gasteiger partial charge is 0.168 e. The Morgan fingerprint density at radius 3 is 2.47 bits per heavy atom. The second-order valence-corrected chi connectivity index (χ2v) is 3.36. The molecule has 0 saturated heterocycles. The van der Waals surface area contributed by atoms with Gasteiger partial charge in [-0.25, -0.2) is 0 Å². The van der Waals surface area contributed by atoms with Crippen molar-refractivity contribution >= 4 is 10.8 Å². The number of benzene rings is 2. The second-order valence-electron chi connectivity index (χ2n) is 3.36. The van der Waals surface area contributed by atoms with Gasteiger partial charge in [0.2, 0.25) is 0 Å². The molecule has 0 bridgehead atoms. The van der Waals surface area contributed by atoms with E-state index in [0.29, 0.717) is 0 Å². The molecule has 2 aromatic carbocycles. The molecule has 0 aliphatic rings. The highest BCUT2D eigenvalue weighted by atomic mass is 16.5. The third kappa shape index (κ3) is 1.52. The van der Waals surface area contributed by atoms with Crippen LogP contribution < -0.4 is 9.47 Å². The highest BCUT2D eigenvalue weighted by Gasteiger charge is 2.09. The van der Waals surface area contributed by atoms with Gasteiger partial charge in [0.25, 0.3) is 0 Å². The minimum absolute atomic E-state index is 0.760. The lowest BCUT2D eigenvalue weighted by Crippen LogP contribution is -1.92. The molecule has 0 aliphatic carbocycles. The van der Waals surface area contributed by atoms with Crippen LogP contribution >= 0.6 is 0 Å². The molecule has 0 unspecified atom stereocenters. The van der Waals surface area contributed by atoms with Gasteiger partial charge < -0.3 is 9.47 Å². The molecule has 0 heterocycles. The van der Waals surface area contributed by atoms with Crippen LogP contribution in [0.2, 0.25) is 0 Å². The zero-order valence-electron chi connectivity index (χ0n) is 9.13. The molecule has 15 heavy (non-hydrogen) atoms. The molecule has 77 valence electrons. The van der Waals surface area contributed by atoms with Crippen LogP contribution in [0.5, 0.6) is 11.5 Å². The molecule has 0 spiro atoms. The first kappa shape index (κ1) is 9.84. The van der Waals surface area contributed by atoms with E-state index in [1.807, 2.05) is 31.2 Å². The van der Waals surface area contributed by atoms with E-state index in [4.69, 9.17) is 9.47 Å². The Hall–Kier alpha value is -1.70. The molecule has 0 aliphatic heterocycles. The lowest BCUT2D eigenvalue weighted by atomic mass is 10.0. The Labute approximate surface area is 89.4 Å². The molecule has 0 amide bonds. The van der Waals surface area contributed by atoms with Crippen LogP contribution in [-0.4, -0.2) is 14.2 Å². The number of methoxy groups -OCH3 is 2. The van der Waals surface area contributed by atoms with E-state index >= 15 is 0 Å². The fraction of sp³-hybridized carbons (Fsp3) is 0.231. The summed E-state index contributed by atoms with van der Waals surface area (Å²) in [6, 6.07) is 11.0. The molecule has 0 saturated carbocycles. The topological polar surface area (TPSA) is 18.5 Å². The van der Waals surface area contributed by atoms with Crippen molar-refractivity contribution in [2.75, 3.05) is 14.2 Å². The van der Waals surface area contributed by atoms with Crippen molar-refractivity contribution in [2.45, 2.75) is 6.92 Å². The molecule has 0 atom stereocenters. The van der Waals surface area contributed by atoms with Gasteiger partial charge in [-0.1, -0.05) is 12.1 Å². The SMILES string of the molecule is COc1ccc2c(C)[c]ccc2c1OC. The molecule has 0 aromatic heterocycles. The van der Waals surface area contributed by atoms with E-state index in [-0.39, 0.29) is 0 Å². The quantitative estimate of drug-likeness (QED) is 0.743. The Balaban J connectivity index is 2.82. The standard InChI is InChI=1S/C13H13O2/c1-9-5-4-6-11-10(9)7-8-12(14-2)13(11)15-3/h4,6-8H,1-3H3. The van der Waals surface area contributed by atoms with Crippen molar-refractivity contribution in [1.82, 2.24) is 0 Å². The summed E-state index contributed by atoms with van der Waals surface area (Å²) >= 11 is 0. The third-order valence-electron chi connectivity index (χ3n) is 2.54. The summed E-state index contributed by atoms with van der Waals surface area (Å²) in [6.45, 7) is 2.04. The number of hydrogen-bond acceptors (Lipinski definition) is 2. The zero-order valence-corrected chi connectivity index (χ0v) is 9.13. The van der Waals surface area contributed by atoms with Gasteiger partial charge in [0.05, 0.1) is 14.2 Å². The molecule has 1 radical (unpaired) electrons. The van der Waals surface area contributed by atoms with E-state index < -0.39 is 0 Å². The minimum Gasteiger partial charge on any atom is -0.493 e. The lowest BCUT2D eigenvalue weighted by Gasteiger charge is -2.11. The van der Waals surface area contributed by atoms with Crippen molar-refractivity contribution in [3.05, 3.63) is 35.9 Å². The first-order valence-corrected chi connectivity index (χ1v) is 4.80. The maximum atomic E-state index is 5.37. The molecule has 0 N–H and O–H groups in total. The third-order valence-corrected chi connectivity index (χ3v) is 2.54. The van der Waals surface area contributed by atoms with E-state index in [0.717, 1.165) is 27.8 Å². The molecule has 2 nitrogen and oxygen atoms in total. The predicted molar refractivity (Wildman–Crippen MR) is 60.6 cm³/mol. The van der Waals surface area contributed by atoms with Gasteiger partial charge in [-0.3, -0.25) is 0 Å². The van der Waals surface area contributed by atoms with Crippen molar-refractivity contribution in [1.29, 1.82) is 0 Å². The van der Waals surface area contributed by atoms with Crippen LogP contribution in [0.3, 0.4) is 0 Å². The summed E-state index contributed by atoms with van der Waals surface area (Å²) in [4.78, 5) is 0. The number of hydrogen-bond donors (Lipinski definition) is 0. The van der Waals surface area contributed by atoms with Crippen LogP contribution in [0.1, 0.15) is 5.56 Å². The van der Waals surface area contributed by atoms with E-state index in [1.54, 1.807) is 14.2 Å². The summed E-state index contributed by atoms with van der Waals surface area (Å²) in [5.41, 5.74) is 1.12. The Bertz CT molecular complexity index is 489. The maximum absolute atomic E-state index is 5.37. The normalized spacial score (nSPS) is 10.3. The zero-order chi connectivity index (χ0) is 10.8. The highest BCUT2D eigenvalue weighted by molar-refractivity contribution is 5.92. The van der Waals surface area contributed by atoms with Crippen LogP contribution in [0.25, 0.3) is 10.8 Å². The van der Waals surface area contributed by atoms with Crippen molar-refractivity contribution in [3.8, 4) is 11.5 Å². The fourth-order valence-corrected chi connectivity index (χ4v) is 1.77. The Kier molecular flexibility index (Phi) is 2.50. The van der Waals surface area contributed by atoms with Gasteiger partial charge in [0.1, 0.15) is 0 Å². The van der Waals surface area contributed by atoms with Gasteiger partial charge in [0.15, 0.2) is 11.5 Å². The summed E-state index contributed by atoms with van der Waals surface area (Å²) in [7, 11) is 3.30. The largest absolute Gasteiger partial charge is 0.493 e. The molecular formula is C13H13O2. The predicted octanol–water partition coefficient (Wildman–Crippen LogP) is 2.97. The molecular weight excluding hydrogens is 188 g/mol. The lowest BCUT2D eigenvalue weighted by molar-refractivity contribution is 0.358. The van der Waals surface area contributed by atoms with E-state index in [9.17, 15) is 0 Å². The Morgan fingerprint density at radius 2 is 1.80 bits per heavy atom. The fourth-order valence-electron chi connectivity index (χ4n) is 1.77. The monoisotopic (exact) mass is 201 g/mol. The van der Waals surface area contributed by atoms with Crippen molar-refractivity contribution in [2.24, 2.45) is 0 Å². The summed E-state index contributed by atoms with van der Waals surface area (Å²) in [5.74, 6) is 1.54. The van der Waals surface area contributed by atoms with Gasteiger partial charge in [-0.2, -0.15) is 0 Å². The summed E-state index contributed by atoms with van der Waals surface area (Å²) in [6.07, 6.45) is 0. The van der Waals surface area contributed by atoms with Crippen LogP contribution in [0.15, 0.2) is 24.3 Å². The number of fused-ring (bicyclic) bond motifs is 1. The van der Waals surface area contributed by atoms with Gasteiger partial charge in [-0.15, -0.1) is 0 Å². The number of ether oxygens (including phenoxy) is 2. The van der Waals surface area contributed by atoms with Crippen LogP contribution in [0, 0.1) is 13.0 Å². The van der Waals surface area contributed by atoms with Gasteiger partial charge in [0, 0.05) is 5.39 Å². The van der Waals surface area contributed by atoms with Crippen molar-refractivity contribution in [3.63, 3.8) is 0 Å². The molecule has 2 heteroatoms. The maximum Gasteiger partial charge on any atom is 0.168 e. The molecule has 2 aromatic rings. The first-order valence-electron chi connectivity index (χ1n) is 4.80. The van der Waals surface area contributed by atoms with Gasteiger partial charge in [-0.05, 0) is 36.1 Å². The van der Waals surface area contributed by atoms with E-state index in [2.05, 4.69) is 6.07 Å². The first-order chi connectivity index (χ1) is 7.27. The second kappa shape index (κ2) is 3.81.